The minimum absolute atomic E-state index is 0.294. The third-order valence-electron chi connectivity index (χ3n) is 2.67. The zero-order valence-corrected chi connectivity index (χ0v) is 12.4. The SMILES string of the molecule is O=C(O)c1csc(-c2csc(-c3cccc(Cl)c3)n2)c1. The second-order valence-corrected chi connectivity index (χ2v) is 6.26. The molecule has 0 unspecified atom stereocenters. The fourth-order valence-electron chi connectivity index (χ4n) is 1.72. The molecule has 0 atom stereocenters. The van der Waals surface area contributed by atoms with Crippen molar-refractivity contribution in [2.45, 2.75) is 0 Å². The van der Waals surface area contributed by atoms with Crippen molar-refractivity contribution in [2.24, 2.45) is 0 Å². The number of rotatable bonds is 3. The van der Waals surface area contributed by atoms with Crippen LogP contribution < -0.4 is 0 Å². The number of carboxylic acid groups (broad SMARTS) is 1. The Morgan fingerprint density at radius 1 is 1.20 bits per heavy atom. The van der Waals surface area contributed by atoms with Crippen molar-refractivity contribution in [2.75, 3.05) is 0 Å². The van der Waals surface area contributed by atoms with Gasteiger partial charge in [0.15, 0.2) is 0 Å². The van der Waals surface area contributed by atoms with E-state index in [1.807, 2.05) is 29.6 Å². The largest absolute Gasteiger partial charge is 0.478 e. The van der Waals surface area contributed by atoms with Gasteiger partial charge in [0.1, 0.15) is 5.01 Å². The van der Waals surface area contributed by atoms with Crippen LogP contribution >= 0.6 is 34.3 Å². The van der Waals surface area contributed by atoms with Crippen molar-refractivity contribution in [3.63, 3.8) is 0 Å². The molecular weight excluding hydrogens is 314 g/mol. The predicted octanol–water partition coefficient (Wildman–Crippen LogP) is 4.89. The molecule has 3 rings (SSSR count). The highest BCUT2D eigenvalue weighted by Crippen LogP contribution is 2.33. The summed E-state index contributed by atoms with van der Waals surface area (Å²) in [7, 11) is 0. The minimum Gasteiger partial charge on any atom is -0.478 e. The van der Waals surface area contributed by atoms with Crippen molar-refractivity contribution in [3.05, 3.63) is 51.7 Å². The summed E-state index contributed by atoms with van der Waals surface area (Å²) in [5.41, 5.74) is 2.05. The number of hydrogen-bond donors (Lipinski definition) is 1. The first-order chi connectivity index (χ1) is 9.63. The number of halogens is 1. The van der Waals surface area contributed by atoms with Crippen LogP contribution in [-0.2, 0) is 0 Å². The van der Waals surface area contributed by atoms with E-state index in [1.54, 1.807) is 11.4 Å². The van der Waals surface area contributed by atoms with Gasteiger partial charge in [0.2, 0.25) is 0 Å². The molecular formula is C14H8ClNO2S2. The van der Waals surface area contributed by atoms with Crippen LogP contribution in [-0.4, -0.2) is 16.1 Å². The van der Waals surface area contributed by atoms with Crippen LogP contribution in [0.1, 0.15) is 10.4 Å². The van der Waals surface area contributed by atoms with E-state index in [0.717, 1.165) is 21.1 Å². The number of nitrogens with zero attached hydrogens (tertiary/aromatic N) is 1. The second kappa shape index (κ2) is 5.36. The van der Waals surface area contributed by atoms with Crippen molar-refractivity contribution in [1.82, 2.24) is 4.98 Å². The number of carbonyl (C=O) groups is 1. The molecule has 0 aliphatic rings. The van der Waals surface area contributed by atoms with E-state index in [4.69, 9.17) is 16.7 Å². The molecule has 0 saturated heterocycles. The number of carboxylic acids is 1. The molecule has 0 saturated carbocycles. The molecule has 3 aromatic rings. The topological polar surface area (TPSA) is 50.2 Å². The zero-order chi connectivity index (χ0) is 14.1. The van der Waals surface area contributed by atoms with Gasteiger partial charge >= 0.3 is 5.97 Å². The third kappa shape index (κ3) is 2.60. The summed E-state index contributed by atoms with van der Waals surface area (Å²) in [5, 5.41) is 14.0. The first-order valence-electron chi connectivity index (χ1n) is 5.67. The van der Waals surface area contributed by atoms with Gasteiger partial charge in [0.05, 0.1) is 16.1 Å². The van der Waals surface area contributed by atoms with E-state index in [9.17, 15) is 4.79 Å². The molecule has 0 radical (unpaired) electrons. The maximum absolute atomic E-state index is 10.9. The van der Waals surface area contributed by atoms with Gasteiger partial charge in [-0.1, -0.05) is 23.7 Å². The van der Waals surface area contributed by atoms with Gasteiger partial charge in [0.25, 0.3) is 0 Å². The molecule has 0 spiro atoms. The summed E-state index contributed by atoms with van der Waals surface area (Å²) in [6, 6.07) is 9.15. The number of benzene rings is 1. The zero-order valence-electron chi connectivity index (χ0n) is 10.0. The average Bonchev–Trinajstić information content (AvgIpc) is 3.08. The van der Waals surface area contributed by atoms with E-state index in [1.165, 1.54) is 22.7 Å². The van der Waals surface area contributed by atoms with Gasteiger partial charge in [0, 0.05) is 21.3 Å². The Hall–Kier alpha value is -1.69. The Kier molecular flexibility index (Phi) is 3.56. The van der Waals surface area contributed by atoms with E-state index < -0.39 is 5.97 Å². The number of aromatic nitrogens is 1. The van der Waals surface area contributed by atoms with Crippen LogP contribution in [0, 0.1) is 0 Å². The maximum Gasteiger partial charge on any atom is 0.336 e. The molecule has 0 aliphatic carbocycles. The van der Waals surface area contributed by atoms with Crippen molar-refractivity contribution in [1.29, 1.82) is 0 Å². The highest BCUT2D eigenvalue weighted by molar-refractivity contribution is 7.15. The summed E-state index contributed by atoms with van der Waals surface area (Å²) in [6.45, 7) is 0. The highest BCUT2D eigenvalue weighted by Gasteiger charge is 2.11. The standard InChI is InChI=1S/C14H8ClNO2S2/c15-10-3-1-2-8(4-10)13-16-11(7-20-13)12-5-9(6-19-12)14(17)18/h1-7H,(H,17,18). The Morgan fingerprint density at radius 3 is 2.75 bits per heavy atom. The van der Waals surface area contributed by atoms with Gasteiger partial charge in [-0.3, -0.25) is 0 Å². The van der Waals surface area contributed by atoms with Crippen LogP contribution in [0.4, 0.5) is 0 Å². The second-order valence-electron chi connectivity index (χ2n) is 4.05. The number of aromatic carboxylic acids is 1. The van der Waals surface area contributed by atoms with Gasteiger partial charge in [-0.25, -0.2) is 9.78 Å². The highest BCUT2D eigenvalue weighted by atomic mass is 35.5. The third-order valence-corrected chi connectivity index (χ3v) is 4.75. The predicted molar refractivity (Wildman–Crippen MR) is 82.8 cm³/mol. The monoisotopic (exact) mass is 321 g/mol. The summed E-state index contributed by atoms with van der Waals surface area (Å²) < 4.78 is 0. The normalized spacial score (nSPS) is 10.7. The smallest absolute Gasteiger partial charge is 0.336 e. The lowest BCUT2D eigenvalue weighted by Gasteiger charge is -1.96. The first-order valence-corrected chi connectivity index (χ1v) is 7.81. The van der Waals surface area contributed by atoms with Crippen molar-refractivity contribution in [3.8, 4) is 21.1 Å². The summed E-state index contributed by atoms with van der Waals surface area (Å²) >= 11 is 8.86. The number of thiazole rings is 1. The number of thiophene rings is 1. The fourth-order valence-corrected chi connectivity index (χ4v) is 3.65. The van der Waals surface area contributed by atoms with Gasteiger partial charge in [-0.2, -0.15) is 0 Å². The van der Waals surface area contributed by atoms with Crippen molar-refractivity contribution >= 4 is 40.2 Å². The molecule has 2 aromatic heterocycles. The van der Waals surface area contributed by atoms with Crippen LogP contribution in [0.5, 0.6) is 0 Å². The lowest BCUT2D eigenvalue weighted by molar-refractivity contribution is 0.0697. The van der Waals surface area contributed by atoms with Crippen LogP contribution in [0.2, 0.25) is 5.02 Å². The lowest BCUT2D eigenvalue weighted by Crippen LogP contribution is -1.91. The summed E-state index contributed by atoms with van der Waals surface area (Å²) in [5.74, 6) is -0.919. The molecule has 20 heavy (non-hydrogen) atoms. The van der Waals surface area contributed by atoms with Gasteiger partial charge < -0.3 is 5.11 Å². The molecule has 0 amide bonds. The minimum atomic E-state index is -0.919. The Labute approximate surface area is 128 Å². The van der Waals surface area contributed by atoms with Gasteiger partial charge in [-0.05, 0) is 18.2 Å². The molecule has 2 heterocycles. The van der Waals surface area contributed by atoms with Crippen LogP contribution in [0.15, 0.2) is 41.1 Å². The molecule has 0 fully saturated rings. The van der Waals surface area contributed by atoms with Crippen LogP contribution in [0.3, 0.4) is 0 Å². The summed E-state index contributed by atoms with van der Waals surface area (Å²) in [6.07, 6.45) is 0. The molecule has 1 aromatic carbocycles. The quantitative estimate of drug-likeness (QED) is 0.747. The van der Waals surface area contributed by atoms with Crippen molar-refractivity contribution < 1.29 is 9.90 Å². The maximum atomic E-state index is 10.9. The van der Waals surface area contributed by atoms with E-state index in [2.05, 4.69) is 4.98 Å². The molecule has 3 nitrogen and oxygen atoms in total. The molecule has 1 N–H and O–H groups in total. The molecule has 6 heteroatoms. The molecule has 100 valence electrons. The number of hydrogen-bond acceptors (Lipinski definition) is 4. The Bertz CT molecular complexity index is 779. The van der Waals surface area contributed by atoms with E-state index in [-0.39, 0.29) is 0 Å². The molecule has 0 bridgehead atoms. The Balaban J connectivity index is 1.95. The fraction of sp³-hybridized carbons (Fsp3) is 0. The molecule has 0 aliphatic heterocycles. The Morgan fingerprint density at radius 2 is 2.05 bits per heavy atom. The van der Waals surface area contributed by atoms with Crippen LogP contribution in [0.25, 0.3) is 21.1 Å². The summed E-state index contributed by atoms with van der Waals surface area (Å²) in [4.78, 5) is 16.3. The average molecular weight is 322 g/mol. The van der Waals surface area contributed by atoms with E-state index >= 15 is 0 Å². The first kappa shape index (κ1) is 13.3. The van der Waals surface area contributed by atoms with Gasteiger partial charge in [-0.15, -0.1) is 22.7 Å². The lowest BCUT2D eigenvalue weighted by atomic mass is 10.2. The van der Waals surface area contributed by atoms with E-state index in [0.29, 0.717) is 10.6 Å².